The van der Waals surface area contributed by atoms with Gasteiger partial charge in [-0.25, -0.2) is 0 Å². The Labute approximate surface area is 134 Å². The Hall–Kier alpha value is -1.27. The van der Waals surface area contributed by atoms with E-state index in [2.05, 4.69) is 64.1 Å². The lowest BCUT2D eigenvalue weighted by atomic mass is 9.93. The van der Waals surface area contributed by atoms with Gasteiger partial charge in [-0.05, 0) is 61.4 Å². The zero-order chi connectivity index (χ0) is 15.4. The van der Waals surface area contributed by atoms with E-state index in [0.29, 0.717) is 0 Å². The van der Waals surface area contributed by atoms with Gasteiger partial charge in [-0.2, -0.15) is 0 Å². The first-order valence-electron chi connectivity index (χ1n) is 7.83. The fraction of sp³-hybridized carbons (Fsp3) is 0.400. The van der Waals surface area contributed by atoms with Crippen LogP contribution in [-0.4, -0.2) is 0 Å². The summed E-state index contributed by atoms with van der Waals surface area (Å²) in [4.78, 5) is 0. The minimum Gasteiger partial charge on any atom is -0.113 e. The summed E-state index contributed by atoms with van der Waals surface area (Å²) in [5.74, 6) is 0. The Morgan fingerprint density at radius 3 is 2.05 bits per heavy atom. The molecule has 0 saturated carbocycles. The molecule has 2 aromatic carbocycles. The molecule has 0 amide bonds. The van der Waals surface area contributed by atoms with Crippen molar-refractivity contribution in [2.75, 3.05) is 0 Å². The highest BCUT2D eigenvalue weighted by Gasteiger charge is 2.16. The van der Waals surface area contributed by atoms with E-state index in [1.54, 1.807) is 0 Å². The van der Waals surface area contributed by atoms with Crippen LogP contribution in [-0.2, 0) is 6.42 Å². The predicted molar refractivity (Wildman–Crippen MR) is 93.4 cm³/mol. The van der Waals surface area contributed by atoms with Gasteiger partial charge in [0.2, 0.25) is 0 Å². The second-order valence-electron chi connectivity index (χ2n) is 6.02. The first-order valence-corrected chi connectivity index (χ1v) is 8.27. The van der Waals surface area contributed by atoms with Gasteiger partial charge in [-0.3, -0.25) is 0 Å². The average Bonchev–Trinajstić information content (AvgIpc) is 2.44. The van der Waals surface area contributed by atoms with Crippen LogP contribution >= 0.6 is 11.6 Å². The summed E-state index contributed by atoms with van der Waals surface area (Å²) in [6, 6.07) is 13.2. The molecular formula is C20H25Cl. The highest BCUT2D eigenvalue weighted by molar-refractivity contribution is 6.22. The molecule has 1 atom stereocenters. The van der Waals surface area contributed by atoms with Crippen LogP contribution in [0.2, 0.25) is 0 Å². The van der Waals surface area contributed by atoms with Gasteiger partial charge < -0.3 is 0 Å². The van der Waals surface area contributed by atoms with Gasteiger partial charge in [0, 0.05) is 0 Å². The number of alkyl halides is 1. The van der Waals surface area contributed by atoms with E-state index >= 15 is 0 Å². The molecule has 0 aliphatic rings. The van der Waals surface area contributed by atoms with E-state index in [1.165, 1.54) is 46.2 Å². The number of unbranched alkanes of at least 4 members (excludes halogenated alkanes) is 1. The van der Waals surface area contributed by atoms with Crippen molar-refractivity contribution < 1.29 is 0 Å². The SMILES string of the molecule is CCCCc1ccc(C(Cl)c2c(C)cc(C)cc2C)cc1. The summed E-state index contributed by atoms with van der Waals surface area (Å²) in [6.07, 6.45) is 3.65. The van der Waals surface area contributed by atoms with E-state index in [9.17, 15) is 0 Å². The van der Waals surface area contributed by atoms with E-state index in [0.717, 1.165) is 6.42 Å². The van der Waals surface area contributed by atoms with Gasteiger partial charge in [0.25, 0.3) is 0 Å². The minimum absolute atomic E-state index is 0.0641. The topological polar surface area (TPSA) is 0 Å². The van der Waals surface area contributed by atoms with Crippen LogP contribution in [0, 0.1) is 20.8 Å². The molecule has 0 aliphatic heterocycles. The van der Waals surface area contributed by atoms with Crippen molar-refractivity contribution in [2.45, 2.75) is 52.3 Å². The number of benzene rings is 2. The molecule has 0 heterocycles. The Morgan fingerprint density at radius 2 is 1.52 bits per heavy atom. The van der Waals surface area contributed by atoms with Crippen LogP contribution in [0.4, 0.5) is 0 Å². The molecule has 0 aliphatic carbocycles. The Morgan fingerprint density at radius 1 is 0.952 bits per heavy atom. The maximum absolute atomic E-state index is 6.75. The zero-order valence-corrected chi connectivity index (χ0v) is 14.3. The van der Waals surface area contributed by atoms with E-state index in [4.69, 9.17) is 11.6 Å². The Kier molecular flexibility index (Phi) is 5.47. The van der Waals surface area contributed by atoms with Crippen LogP contribution in [0.1, 0.15) is 58.5 Å². The summed E-state index contributed by atoms with van der Waals surface area (Å²) in [5, 5.41) is -0.0641. The van der Waals surface area contributed by atoms with Gasteiger partial charge in [-0.15, -0.1) is 11.6 Å². The molecule has 0 aromatic heterocycles. The van der Waals surface area contributed by atoms with Crippen molar-refractivity contribution in [1.82, 2.24) is 0 Å². The smallest absolute Gasteiger partial charge is 0.0840 e. The number of hydrogen-bond acceptors (Lipinski definition) is 0. The van der Waals surface area contributed by atoms with Crippen LogP contribution in [0.15, 0.2) is 36.4 Å². The third kappa shape index (κ3) is 3.89. The normalized spacial score (nSPS) is 12.4. The second kappa shape index (κ2) is 7.13. The fourth-order valence-electron chi connectivity index (χ4n) is 2.99. The highest BCUT2D eigenvalue weighted by Crippen LogP contribution is 2.34. The lowest BCUT2D eigenvalue weighted by molar-refractivity contribution is 0.794. The fourth-order valence-corrected chi connectivity index (χ4v) is 3.48. The van der Waals surface area contributed by atoms with Gasteiger partial charge in [-0.1, -0.05) is 55.3 Å². The molecule has 1 heteroatoms. The largest absolute Gasteiger partial charge is 0.113 e. The summed E-state index contributed by atoms with van der Waals surface area (Å²) in [6.45, 7) is 8.67. The summed E-state index contributed by atoms with van der Waals surface area (Å²) < 4.78 is 0. The molecule has 112 valence electrons. The number of halogens is 1. The summed E-state index contributed by atoms with van der Waals surface area (Å²) in [7, 11) is 0. The molecule has 0 N–H and O–H groups in total. The Balaban J connectivity index is 2.26. The molecular weight excluding hydrogens is 276 g/mol. The number of hydrogen-bond donors (Lipinski definition) is 0. The molecule has 21 heavy (non-hydrogen) atoms. The van der Waals surface area contributed by atoms with Gasteiger partial charge >= 0.3 is 0 Å². The summed E-state index contributed by atoms with van der Waals surface area (Å²) >= 11 is 6.75. The van der Waals surface area contributed by atoms with E-state index in [1.807, 2.05) is 0 Å². The Bertz CT molecular complexity index is 573. The summed E-state index contributed by atoms with van der Waals surface area (Å²) in [5.41, 5.74) is 7.70. The quantitative estimate of drug-likeness (QED) is 0.570. The van der Waals surface area contributed by atoms with Crippen molar-refractivity contribution in [3.63, 3.8) is 0 Å². The highest BCUT2D eigenvalue weighted by atomic mass is 35.5. The average molecular weight is 301 g/mol. The lowest BCUT2D eigenvalue weighted by Gasteiger charge is -2.17. The molecule has 0 fully saturated rings. The molecule has 2 rings (SSSR count). The first-order chi connectivity index (χ1) is 10.0. The van der Waals surface area contributed by atoms with Crippen molar-refractivity contribution in [3.8, 4) is 0 Å². The standard InChI is InChI=1S/C20H25Cl/c1-5-6-7-17-8-10-18(11-9-17)20(21)19-15(3)12-14(2)13-16(19)4/h8-13,20H,5-7H2,1-4H3. The van der Waals surface area contributed by atoms with E-state index < -0.39 is 0 Å². The van der Waals surface area contributed by atoms with Crippen molar-refractivity contribution in [1.29, 1.82) is 0 Å². The zero-order valence-electron chi connectivity index (χ0n) is 13.5. The van der Waals surface area contributed by atoms with Crippen LogP contribution < -0.4 is 0 Å². The van der Waals surface area contributed by atoms with Crippen LogP contribution in [0.3, 0.4) is 0 Å². The molecule has 2 aromatic rings. The number of aryl methyl sites for hydroxylation is 4. The van der Waals surface area contributed by atoms with Crippen LogP contribution in [0.5, 0.6) is 0 Å². The monoisotopic (exact) mass is 300 g/mol. The molecule has 0 saturated heterocycles. The molecule has 0 bridgehead atoms. The second-order valence-corrected chi connectivity index (χ2v) is 6.46. The van der Waals surface area contributed by atoms with Crippen LogP contribution in [0.25, 0.3) is 0 Å². The minimum atomic E-state index is -0.0641. The number of rotatable bonds is 5. The predicted octanol–water partition coefficient (Wildman–Crippen LogP) is 6.28. The van der Waals surface area contributed by atoms with Gasteiger partial charge in [0.15, 0.2) is 0 Å². The molecule has 0 radical (unpaired) electrons. The maximum atomic E-state index is 6.75. The van der Waals surface area contributed by atoms with Crippen molar-refractivity contribution in [3.05, 3.63) is 69.8 Å². The first kappa shape index (κ1) is 16.1. The molecule has 0 nitrogen and oxygen atoms in total. The van der Waals surface area contributed by atoms with Gasteiger partial charge in [0.1, 0.15) is 0 Å². The van der Waals surface area contributed by atoms with Crippen molar-refractivity contribution in [2.24, 2.45) is 0 Å². The van der Waals surface area contributed by atoms with Gasteiger partial charge in [0.05, 0.1) is 5.38 Å². The third-order valence-electron chi connectivity index (χ3n) is 4.08. The third-order valence-corrected chi connectivity index (χ3v) is 4.55. The molecule has 0 spiro atoms. The maximum Gasteiger partial charge on any atom is 0.0840 e. The molecule has 1 unspecified atom stereocenters. The van der Waals surface area contributed by atoms with Crippen molar-refractivity contribution >= 4 is 11.6 Å². The van der Waals surface area contributed by atoms with E-state index in [-0.39, 0.29) is 5.38 Å². The lowest BCUT2D eigenvalue weighted by Crippen LogP contribution is -2.00.